The second-order valence-corrected chi connectivity index (χ2v) is 6.46. The molecule has 0 aliphatic carbocycles. The molecule has 0 unspecified atom stereocenters. The maximum absolute atomic E-state index is 13.4. The average molecular weight is 435 g/mol. The molecule has 0 saturated heterocycles. The number of rotatable bonds is 5. The fraction of sp³-hybridized carbons (Fsp3) is 0.100. The predicted octanol–water partition coefficient (Wildman–Crippen LogP) is 4.22. The summed E-state index contributed by atoms with van der Waals surface area (Å²) < 4.78 is 53.0. The van der Waals surface area contributed by atoms with E-state index in [1.807, 2.05) is 0 Å². The number of hydrogen-bond acceptors (Lipinski definition) is 4. The molecule has 1 heterocycles. The number of nitro benzene ring substituents is 1. The number of halogens is 4. The first-order chi connectivity index (χ1) is 14.5. The number of anilines is 1. The summed E-state index contributed by atoms with van der Waals surface area (Å²) in [7, 11) is 0. The Morgan fingerprint density at radius 2 is 1.84 bits per heavy atom. The van der Waals surface area contributed by atoms with E-state index in [2.05, 4.69) is 5.32 Å². The van der Waals surface area contributed by atoms with Crippen LogP contribution in [0.3, 0.4) is 0 Å². The molecule has 1 amide bonds. The Balaban J connectivity index is 1.85. The van der Waals surface area contributed by atoms with Crippen molar-refractivity contribution in [3.8, 4) is 0 Å². The molecule has 0 fully saturated rings. The maximum Gasteiger partial charge on any atom is 0.419 e. The Labute approximate surface area is 171 Å². The summed E-state index contributed by atoms with van der Waals surface area (Å²) >= 11 is 0. The highest BCUT2D eigenvalue weighted by Crippen LogP contribution is 2.33. The summed E-state index contributed by atoms with van der Waals surface area (Å²) in [6.45, 7) is -0.0730. The molecule has 3 aromatic rings. The van der Waals surface area contributed by atoms with Crippen LogP contribution in [0.2, 0.25) is 0 Å². The Kier molecular flexibility index (Phi) is 5.86. The highest BCUT2D eigenvalue weighted by atomic mass is 19.4. The van der Waals surface area contributed by atoms with Gasteiger partial charge in [-0.1, -0.05) is 12.1 Å². The van der Waals surface area contributed by atoms with E-state index >= 15 is 0 Å². The van der Waals surface area contributed by atoms with Crippen molar-refractivity contribution in [3.63, 3.8) is 0 Å². The van der Waals surface area contributed by atoms with E-state index < -0.39 is 33.9 Å². The van der Waals surface area contributed by atoms with Crippen molar-refractivity contribution in [1.82, 2.24) is 4.57 Å². The highest BCUT2D eigenvalue weighted by molar-refractivity contribution is 6.04. The lowest BCUT2D eigenvalue weighted by Crippen LogP contribution is -2.22. The number of hydrogen-bond donors (Lipinski definition) is 1. The van der Waals surface area contributed by atoms with Crippen LogP contribution in [-0.2, 0) is 12.7 Å². The van der Waals surface area contributed by atoms with Gasteiger partial charge in [0.2, 0.25) is 0 Å². The predicted molar refractivity (Wildman–Crippen MR) is 102 cm³/mol. The fourth-order valence-corrected chi connectivity index (χ4v) is 2.78. The van der Waals surface area contributed by atoms with Crippen molar-refractivity contribution in [1.29, 1.82) is 0 Å². The fourth-order valence-electron chi connectivity index (χ4n) is 2.78. The number of carbonyl (C=O) groups is 1. The van der Waals surface area contributed by atoms with Crippen molar-refractivity contribution in [3.05, 3.63) is 104 Å². The van der Waals surface area contributed by atoms with E-state index in [0.717, 1.165) is 16.7 Å². The third kappa shape index (κ3) is 5.13. The quantitative estimate of drug-likeness (QED) is 0.369. The number of benzene rings is 2. The molecule has 1 aromatic heterocycles. The maximum atomic E-state index is 13.4. The molecule has 160 valence electrons. The molecule has 0 aliphatic rings. The summed E-state index contributed by atoms with van der Waals surface area (Å²) in [4.78, 5) is 34.8. The van der Waals surface area contributed by atoms with Gasteiger partial charge in [0.25, 0.3) is 17.2 Å². The van der Waals surface area contributed by atoms with Crippen LogP contribution in [0.4, 0.5) is 28.9 Å². The first-order valence-electron chi connectivity index (χ1n) is 8.66. The van der Waals surface area contributed by atoms with Gasteiger partial charge in [0, 0.05) is 30.1 Å². The van der Waals surface area contributed by atoms with Crippen molar-refractivity contribution in [2.24, 2.45) is 0 Å². The Morgan fingerprint density at radius 1 is 1.10 bits per heavy atom. The standard InChI is InChI=1S/C20H13F4N3O4/c21-17-6-5-14(9-16(17)20(22,23)24)25-19(29)13-4-7-18(28)26(11-13)10-12-2-1-3-15(8-12)27(30)31/h1-9,11H,10H2,(H,25,29). The van der Waals surface area contributed by atoms with Crippen molar-refractivity contribution >= 4 is 17.3 Å². The third-order valence-corrected chi connectivity index (χ3v) is 4.25. The zero-order valence-corrected chi connectivity index (χ0v) is 15.5. The number of alkyl halides is 3. The minimum absolute atomic E-state index is 0.0529. The summed E-state index contributed by atoms with van der Waals surface area (Å²) in [6.07, 6.45) is -3.76. The Morgan fingerprint density at radius 3 is 2.52 bits per heavy atom. The van der Waals surface area contributed by atoms with Crippen LogP contribution in [-0.4, -0.2) is 15.4 Å². The minimum atomic E-state index is -4.93. The third-order valence-electron chi connectivity index (χ3n) is 4.25. The molecule has 0 atom stereocenters. The first kappa shape index (κ1) is 21.7. The number of pyridine rings is 1. The van der Waals surface area contributed by atoms with Crippen LogP contribution >= 0.6 is 0 Å². The van der Waals surface area contributed by atoms with Gasteiger partial charge in [-0.2, -0.15) is 13.2 Å². The zero-order chi connectivity index (χ0) is 22.8. The lowest BCUT2D eigenvalue weighted by molar-refractivity contribution is -0.384. The average Bonchev–Trinajstić information content (AvgIpc) is 2.70. The Bertz CT molecular complexity index is 1220. The molecular weight excluding hydrogens is 422 g/mol. The molecule has 0 saturated carbocycles. The van der Waals surface area contributed by atoms with Crippen molar-refractivity contribution in [2.75, 3.05) is 5.32 Å². The second-order valence-electron chi connectivity index (χ2n) is 6.46. The normalized spacial score (nSPS) is 11.2. The number of carbonyl (C=O) groups excluding carboxylic acids is 1. The summed E-state index contributed by atoms with van der Waals surface area (Å²) in [5.41, 5.74) is -2.10. The van der Waals surface area contributed by atoms with E-state index in [0.29, 0.717) is 17.7 Å². The highest BCUT2D eigenvalue weighted by Gasteiger charge is 2.34. The van der Waals surface area contributed by atoms with E-state index in [1.165, 1.54) is 30.5 Å². The number of aromatic nitrogens is 1. The van der Waals surface area contributed by atoms with Gasteiger partial charge in [0.1, 0.15) is 5.82 Å². The molecule has 2 aromatic carbocycles. The van der Waals surface area contributed by atoms with Gasteiger partial charge in [-0.05, 0) is 29.8 Å². The molecule has 0 radical (unpaired) electrons. The summed E-state index contributed by atoms with van der Waals surface area (Å²) in [5, 5.41) is 13.1. The zero-order valence-electron chi connectivity index (χ0n) is 15.5. The van der Waals surface area contributed by atoms with Crippen LogP contribution in [0.25, 0.3) is 0 Å². The van der Waals surface area contributed by atoms with Crippen LogP contribution in [0, 0.1) is 15.9 Å². The summed E-state index contributed by atoms with van der Waals surface area (Å²) in [5.74, 6) is -2.30. The number of nitrogens with zero attached hydrogens (tertiary/aromatic N) is 2. The van der Waals surface area contributed by atoms with Gasteiger partial charge in [-0.25, -0.2) is 4.39 Å². The smallest absolute Gasteiger partial charge is 0.322 e. The molecular formula is C20H13F4N3O4. The number of nitro groups is 1. The van der Waals surface area contributed by atoms with E-state index in [1.54, 1.807) is 6.07 Å². The molecule has 11 heteroatoms. The first-order valence-corrected chi connectivity index (χ1v) is 8.66. The molecule has 0 bridgehead atoms. The second kappa shape index (κ2) is 8.38. The van der Waals surface area contributed by atoms with E-state index in [-0.39, 0.29) is 23.5 Å². The number of nitrogens with one attached hydrogen (secondary N) is 1. The molecule has 1 N–H and O–H groups in total. The molecule has 3 rings (SSSR count). The van der Waals surface area contributed by atoms with Crippen LogP contribution in [0.1, 0.15) is 21.5 Å². The van der Waals surface area contributed by atoms with Gasteiger partial charge in [0.05, 0.1) is 22.6 Å². The SMILES string of the molecule is O=C(Nc1ccc(F)c(C(F)(F)F)c1)c1ccc(=O)n(Cc2cccc([N+](=O)[O-])c2)c1. The molecule has 7 nitrogen and oxygen atoms in total. The molecule has 31 heavy (non-hydrogen) atoms. The van der Waals surface area contributed by atoms with Gasteiger partial charge < -0.3 is 9.88 Å². The molecule has 0 spiro atoms. The Hall–Kier alpha value is -4.02. The number of non-ortho nitro benzene ring substituents is 1. The lowest BCUT2D eigenvalue weighted by atomic mass is 10.1. The van der Waals surface area contributed by atoms with Crippen LogP contribution in [0.15, 0.2) is 65.6 Å². The summed E-state index contributed by atoms with van der Waals surface area (Å²) in [6, 6.07) is 9.85. The lowest BCUT2D eigenvalue weighted by Gasteiger charge is -2.12. The van der Waals surface area contributed by atoms with Gasteiger partial charge >= 0.3 is 6.18 Å². The van der Waals surface area contributed by atoms with Crippen molar-refractivity contribution in [2.45, 2.75) is 12.7 Å². The van der Waals surface area contributed by atoms with Gasteiger partial charge in [-0.15, -0.1) is 0 Å². The topological polar surface area (TPSA) is 94.2 Å². The van der Waals surface area contributed by atoms with E-state index in [4.69, 9.17) is 0 Å². The largest absolute Gasteiger partial charge is 0.419 e. The molecule has 0 aliphatic heterocycles. The minimum Gasteiger partial charge on any atom is -0.322 e. The van der Waals surface area contributed by atoms with Crippen LogP contribution in [0.5, 0.6) is 0 Å². The van der Waals surface area contributed by atoms with Crippen molar-refractivity contribution < 1.29 is 27.3 Å². The van der Waals surface area contributed by atoms with E-state index in [9.17, 15) is 37.3 Å². The van der Waals surface area contributed by atoms with Gasteiger partial charge in [-0.3, -0.25) is 19.7 Å². The van der Waals surface area contributed by atoms with Crippen LogP contribution < -0.4 is 10.9 Å². The number of amides is 1. The van der Waals surface area contributed by atoms with Gasteiger partial charge in [0.15, 0.2) is 0 Å². The monoisotopic (exact) mass is 435 g/mol.